The Kier molecular flexibility index (Phi) is 5.20. The van der Waals surface area contributed by atoms with Crippen molar-refractivity contribution in [1.82, 2.24) is 4.90 Å². The molecule has 0 aliphatic rings. The molecule has 0 amide bonds. The molecule has 0 fully saturated rings. The Hall–Kier alpha value is -1.59. The molecule has 0 radical (unpaired) electrons. The van der Waals surface area contributed by atoms with Crippen molar-refractivity contribution in [3.05, 3.63) is 69.7 Å². The zero-order valence-electron chi connectivity index (χ0n) is 11.4. The fourth-order valence-corrected chi connectivity index (χ4v) is 2.39. The van der Waals surface area contributed by atoms with Crippen molar-refractivity contribution in [1.29, 1.82) is 0 Å². The van der Waals surface area contributed by atoms with Gasteiger partial charge in [-0.1, -0.05) is 34.1 Å². The first kappa shape index (κ1) is 15.8. The number of nitrogens with zero attached hydrogens (tertiary/aromatic N) is 1. The van der Waals surface area contributed by atoms with Gasteiger partial charge in [0.2, 0.25) is 0 Å². The molecule has 0 N–H and O–H groups in total. The van der Waals surface area contributed by atoms with E-state index in [1.54, 1.807) is 7.05 Å². The molecule has 0 saturated heterocycles. The maximum absolute atomic E-state index is 13.1. The lowest BCUT2D eigenvalue weighted by atomic mass is 10.1. The maximum Gasteiger partial charge on any atom is 0.176 e. The van der Waals surface area contributed by atoms with Crippen molar-refractivity contribution in [2.24, 2.45) is 0 Å². The largest absolute Gasteiger partial charge is 0.295 e. The minimum absolute atomic E-state index is 0.131. The van der Waals surface area contributed by atoms with Gasteiger partial charge in [-0.2, -0.15) is 0 Å². The smallest absolute Gasteiger partial charge is 0.176 e. The van der Waals surface area contributed by atoms with Crippen LogP contribution in [0, 0.1) is 11.6 Å². The van der Waals surface area contributed by atoms with Gasteiger partial charge in [0.05, 0.1) is 6.54 Å². The average Bonchev–Trinajstić information content (AvgIpc) is 2.44. The number of benzene rings is 2. The molecule has 2 aromatic carbocycles. The van der Waals surface area contributed by atoms with Gasteiger partial charge in [0.1, 0.15) is 0 Å². The summed E-state index contributed by atoms with van der Waals surface area (Å²) in [7, 11) is 1.80. The van der Waals surface area contributed by atoms with Crippen LogP contribution in [0.2, 0.25) is 0 Å². The van der Waals surface area contributed by atoms with Gasteiger partial charge in [0.25, 0.3) is 0 Å². The van der Waals surface area contributed by atoms with Gasteiger partial charge >= 0.3 is 0 Å². The number of carbonyl (C=O) groups excluding carboxylic acids is 1. The van der Waals surface area contributed by atoms with Crippen molar-refractivity contribution in [3.8, 4) is 0 Å². The first-order valence-electron chi connectivity index (χ1n) is 6.37. The van der Waals surface area contributed by atoms with Crippen molar-refractivity contribution in [3.63, 3.8) is 0 Å². The third kappa shape index (κ3) is 4.19. The summed E-state index contributed by atoms with van der Waals surface area (Å²) < 4.78 is 27.0. The van der Waals surface area contributed by atoms with Crippen LogP contribution in [0.3, 0.4) is 0 Å². The van der Waals surface area contributed by atoms with Crippen LogP contribution in [0.25, 0.3) is 0 Å². The second-order valence-electron chi connectivity index (χ2n) is 4.82. The number of carbonyl (C=O) groups is 1. The Bertz CT molecular complexity index is 660. The molecule has 2 nitrogen and oxygen atoms in total. The van der Waals surface area contributed by atoms with E-state index in [2.05, 4.69) is 15.9 Å². The lowest BCUT2D eigenvalue weighted by Crippen LogP contribution is -2.25. The normalized spacial score (nSPS) is 10.9. The van der Waals surface area contributed by atoms with Crippen LogP contribution >= 0.6 is 15.9 Å². The van der Waals surface area contributed by atoms with Crippen LogP contribution < -0.4 is 0 Å². The monoisotopic (exact) mass is 353 g/mol. The summed E-state index contributed by atoms with van der Waals surface area (Å²) in [4.78, 5) is 13.9. The standard InChI is InChI=1S/C16H14BrF2NO/c1-20(9-12-4-2-3-5-13(12)17)10-16(21)11-6-7-14(18)15(19)8-11/h2-8H,9-10H2,1H3. The number of hydrogen-bond donors (Lipinski definition) is 0. The molecule has 0 bridgehead atoms. The average molecular weight is 354 g/mol. The third-order valence-electron chi connectivity index (χ3n) is 3.05. The zero-order valence-corrected chi connectivity index (χ0v) is 13.0. The number of likely N-dealkylation sites (N-methyl/N-ethyl adjacent to an activating group) is 1. The summed E-state index contributed by atoms with van der Waals surface area (Å²) in [6.45, 7) is 0.712. The summed E-state index contributed by atoms with van der Waals surface area (Å²) >= 11 is 3.45. The Balaban J connectivity index is 2.02. The van der Waals surface area contributed by atoms with Gasteiger partial charge in [-0.3, -0.25) is 9.69 Å². The van der Waals surface area contributed by atoms with Crippen LogP contribution in [0.15, 0.2) is 46.9 Å². The molecule has 0 atom stereocenters. The molecule has 21 heavy (non-hydrogen) atoms. The van der Waals surface area contributed by atoms with Crippen molar-refractivity contribution >= 4 is 21.7 Å². The Morgan fingerprint density at radius 3 is 2.52 bits per heavy atom. The van der Waals surface area contributed by atoms with Crippen LogP contribution in [0.4, 0.5) is 8.78 Å². The van der Waals surface area contributed by atoms with Crippen molar-refractivity contribution in [2.45, 2.75) is 6.54 Å². The summed E-state index contributed by atoms with van der Waals surface area (Å²) in [5.41, 5.74) is 1.23. The van der Waals surface area contributed by atoms with Crippen LogP contribution in [0.5, 0.6) is 0 Å². The highest BCUT2D eigenvalue weighted by molar-refractivity contribution is 9.10. The zero-order chi connectivity index (χ0) is 15.4. The summed E-state index contributed by atoms with van der Waals surface area (Å²) in [6.07, 6.45) is 0. The minimum atomic E-state index is -1.01. The summed E-state index contributed by atoms with van der Waals surface area (Å²) in [5.74, 6) is -2.20. The molecule has 2 rings (SSSR count). The second kappa shape index (κ2) is 6.91. The second-order valence-corrected chi connectivity index (χ2v) is 5.67. The van der Waals surface area contributed by atoms with Crippen LogP contribution in [-0.4, -0.2) is 24.3 Å². The molecular weight excluding hydrogens is 340 g/mol. The summed E-state index contributed by atoms with van der Waals surface area (Å²) in [6, 6.07) is 10.9. The Morgan fingerprint density at radius 1 is 1.14 bits per heavy atom. The van der Waals surface area contributed by atoms with E-state index in [-0.39, 0.29) is 17.9 Å². The molecule has 0 spiro atoms. The fourth-order valence-electron chi connectivity index (χ4n) is 1.98. The van der Waals surface area contributed by atoms with Gasteiger partial charge in [-0.05, 0) is 36.9 Å². The maximum atomic E-state index is 13.1. The van der Waals surface area contributed by atoms with E-state index < -0.39 is 11.6 Å². The quantitative estimate of drug-likeness (QED) is 0.756. The van der Waals surface area contributed by atoms with E-state index in [1.807, 2.05) is 29.2 Å². The van der Waals surface area contributed by atoms with Crippen molar-refractivity contribution in [2.75, 3.05) is 13.6 Å². The topological polar surface area (TPSA) is 20.3 Å². The highest BCUT2D eigenvalue weighted by Crippen LogP contribution is 2.17. The minimum Gasteiger partial charge on any atom is -0.295 e. The predicted octanol–water partition coefficient (Wildman–Crippen LogP) is 4.04. The van der Waals surface area contributed by atoms with Crippen molar-refractivity contribution < 1.29 is 13.6 Å². The van der Waals surface area contributed by atoms with E-state index in [1.165, 1.54) is 6.07 Å². The number of halogens is 3. The first-order chi connectivity index (χ1) is 9.97. The van der Waals surface area contributed by atoms with E-state index in [9.17, 15) is 13.6 Å². The van der Waals surface area contributed by atoms with Gasteiger partial charge in [-0.15, -0.1) is 0 Å². The fraction of sp³-hybridized carbons (Fsp3) is 0.188. The van der Waals surface area contributed by atoms with E-state index in [0.717, 1.165) is 22.2 Å². The van der Waals surface area contributed by atoms with Crippen LogP contribution in [-0.2, 0) is 6.54 Å². The molecule has 0 aliphatic carbocycles. The molecule has 0 unspecified atom stereocenters. The number of Topliss-reactive ketones (excluding diaryl/α,β-unsaturated/α-hetero) is 1. The lowest BCUT2D eigenvalue weighted by molar-refractivity contribution is 0.0942. The molecule has 0 aliphatic heterocycles. The highest BCUT2D eigenvalue weighted by Gasteiger charge is 2.13. The highest BCUT2D eigenvalue weighted by atomic mass is 79.9. The SMILES string of the molecule is CN(CC(=O)c1ccc(F)c(F)c1)Cc1ccccc1Br. The van der Waals surface area contributed by atoms with Gasteiger partial charge in [0, 0.05) is 16.6 Å². The first-order valence-corrected chi connectivity index (χ1v) is 7.17. The van der Waals surface area contributed by atoms with Crippen LogP contribution in [0.1, 0.15) is 15.9 Å². The molecular formula is C16H14BrF2NO. The van der Waals surface area contributed by atoms with E-state index in [0.29, 0.717) is 6.54 Å². The van der Waals surface area contributed by atoms with Gasteiger partial charge in [-0.25, -0.2) is 8.78 Å². The van der Waals surface area contributed by atoms with Gasteiger partial charge in [0.15, 0.2) is 17.4 Å². The number of ketones is 1. The van der Waals surface area contributed by atoms with E-state index >= 15 is 0 Å². The molecule has 5 heteroatoms. The number of hydrogen-bond acceptors (Lipinski definition) is 2. The summed E-state index contributed by atoms with van der Waals surface area (Å²) in [5, 5.41) is 0. The molecule has 2 aromatic rings. The van der Waals surface area contributed by atoms with E-state index in [4.69, 9.17) is 0 Å². The molecule has 0 saturated carbocycles. The Morgan fingerprint density at radius 2 is 1.86 bits per heavy atom. The predicted molar refractivity (Wildman–Crippen MR) is 81.2 cm³/mol. The lowest BCUT2D eigenvalue weighted by Gasteiger charge is -2.16. The number of rotatable bonds is 5. The molecule has 110 valence electrons. The van der Waals surface area contributed by atoms with Gasteiger partial charge < -0.3 is 0 Å². The Labute approximate surface area is 130 Å². The molecule has 0 aromatic heterocycles. The molecule has 0 heterocycles. The third-order valence-corrected chi connectivity index (χ3v) is 3.83.